The Bertz CT molecular complexity index is 360. The van der Waals surface area contributed by atoms with Crippen molar-refractivity contribution in [3.05, 3.63) is 12.2 Å². The van der Waals surface area contributed by atoms with E-state index in [0.29, 0.717) is 0 Å². The lowest BCUT2D eigenvalue weighted by molar-refractivity contribution is -0.130. The third-order valence-corrected chi connectivity index (χ3v) is 1.59. The highest BCUT2D eigenvalue weighted by Crippen LogP contribution is 2.00. The van der Waals surface area contributed by atoms with Crippen molar-refractivity contribution in [3.8, 4) is 0 Å². The second kappa shape index (κ2) is 10.8. The van der Waals surface area contributed by atoms with Gasteiger partial charge in [-0.15, -0.1) is 0 Å². The van der Waals surface area contributed by atoms with E-state index in [1.54, 1.807) is 0 Å². The zero-order valence-corrected chi connectivity index (χ0v) is 11.8. The maximum Gasteiger partial charge on any atom is 0.452 e. The molecule has 0 aromatic carbocycles. The molecular formula is C9H20N2O6S. The first kappa shape index (κ1) is 21.9. The average molecular weight is 284 g/mol. The van der Waals surface area contributed by atoms with Gasteiger partial charge in [0.2, 0.25) is 0 Å². The Hall–Kier alpha value is -1.29. The molecule has 18 heavy (non-hydrogen) atoms. The number of carbonyl (C=O) groups excluding carboxylic acids is 2. The summed E-state index contributed by atoms with van der Waals surface area (Å²) in [7, 11) is 1.57. The number of carbonyl (C=O) groups is 2. The molecule has 0 aromatic rings. The minimum atomic E-state index is -4.43. The summed E-state index contributed by atoms with van der Waals surface area (Å²) < 4.78 is 29.1. The molecule has 0 saturated carbocycles. The van der Waals surface area contributed by atoms with Crippen LogP contribution in [0.1, 0.15) is 6.92 Å². The average Bonchev–Trinajstić information content (AvgIpc) is 2.13. The topological polar surface area (TPSA) is 125 Å². The van der Waals surface area contributed by atoms with Crippen LogP contribution < -0.4 is 6.15 Å². The minimum Gasteiger partial charge on any atom is -0.344 e. The van der Waals surface area contributed by atoms with Crippen molar-refractivity contribution in [3.63, 3.8) is 0 Å². The number of hydrogen-bond donors (Lipinski definition) is 1. The van der Waals surface area contributed by atoms with Crippen LogP contribution in [-0.4, -0.2) is 53.3 Å². The van der Waals surface area contributed by atoms with Crippen LogP contribution in [0.5, 0.6) is 0 Å². The molecule has 0 aliphatic heterocycles. The first-order valence-electron chi connectivity index (χ1n) is 4.45. The highest BCUT2D eigenvalue weighted by atomic mass is 32.3. The molecule has 9 heteroatoms. The van der Waals surface area contributed by atoms with Gasteiger partial charge in [0.15, 0.2) is 0 Å². The predicted molar refractivity (Wildman–Crippen MR) is 66.5 cm³/mol. The molecule has 8 nitrogen and oxygen atoms in total. The van der Waals surface area contributed by atoms with Crippen LogP contribution in [0.4, 0.5) is 0 Å². The van der Waals surface area contributed by atoms with E-state index in [0.717, 1.165) is 0 Å². The normalized spacial score (nSPS) is 9.61. The molecule has 0 bridgehead atoms. The Kier molecular flexibility index (Phi) is 13.2. The van der Waals surface area contributed by atoms with Gasteiger partial charge < -0.3 is 20.0 Å². The molecule has 0 aliphatic rings. The van der Waals surface area contributed by atoms with Crippen LogP contribution in [0.15, 0.2) is 12.2 Å². The number of nitrogens with zero attached hydrogens (tertiary/aromatic N) is 1. The molecule has 0 radical (unpaired) electrons. The van der Waals surface area contributed by atoms with Gasteiger partial charge in [-0.1, -0.05) is 6.58 Å². The number of hydrogen-bond acceptors (Lipinski definition) is 8. The maximum absolute atomic E-state index is 10.7. The fraction of sp³-hybridized carbons (Fsp3) is 0.556. The lowest BCUT2D eigenvalue weighted by Crippen LogP contribution is -2.16. The van der Waals surface area contributed by atoms with Crippen molar-refractivity contribution < 1.29 is 26.4 Å². The van der Waals surface area contributed by atoms with Crippen LogP contribution in [-0.2, 0) is 28.4 Å². The summed E-state index contributed by atoms with van der Waals surface area (Å²) in [5.74, 6) is -1.12. The predicted octanol–water partition coefficient (Wildman–Crippen LogP) is -0.0942. The van der Waals surface area contributed by atoms with Gasteiger partial charge in [-0.3, -0.25) is 0 Å². The van der Waals surface area contributed by atoms with Gasteiger partial charge in [0.1, 0.15) is 12.9 Å². The standard InChI is InChI=1S/C6H8O6S.C3H9N.H3N/c1-5(2)6(8)12-13(9,10)11-4-3-7;1-4(2)3;/h3H,1,4H2,2H3;1-3H3;1H3. The van der Waals surface area contributed by atoms with Crippen molar-refractivity contribution in [1.29, 1.82) is 0 Å². The Labute approximate surface area is 107 Å². The number of aldehydes is 1. The SMILES string of the molecule is C=C(C)C(=O)OS(=O)(=O)OCC=O.CN(C)C.N. The molecule has 0 heterocycles. The van der Waals surface area contributed by atoms with Crippen LogP contribution in [0.2, 0.25) is 0 Å². The smallest absolute Gasteiger partial charge is 0.344 e. The quantitative estimate of drug-likeness (QED) is 0.548. The molecule has 3 N–H and O–H groups in total. The Balaban J connectivity index is -0.000000392. The molecule has 0 amide bonds. The molecule has 0 fully saturated rings. The van der Waals surface area contributed by atoms with E-state index in [-0.39, 0.29) is 18.0 Å². The van der Waals surface area contributed by atoms with E-state index in [2.05, 4.69) is 14.9 Å². The van der Waals surface area contributed by atoms with Crippen LogP contribution in [0.3, 0.4) is 0 Å². The third kappa shape index (κ3) is 17.1. The summed E-state index contributed by atoms with van der Waals surface area (Å²) in [6, 6.07) is 0. The molecule has 0 atom stereocenters. The molecule has 108 valence electrons. The molecule has 0 aromatic heterocycles. The van der Waals surface area contributed by atoms with Gasteiger partial charge in [0, 0.05) is 5.57 Å². The van der Waals surface area contributed by atoms with E-state index < -0.39 is 23.0 Å². The first-order valence-corrected chi connectivity index (χ1v) is 5.79. The lowest BCUT2D eigenvalue weighted by atomic mass is 10.4. The van der Waals surface area contributed by atoms with Crippen LogP contribution in [0.25, 0.3) is 0 Å². The zero-order valence-electron chi connectivity index (χ0n) is 11.0. The van der Waals surface area contributed by atoms with Gasteiger partial charge in [-0.25, -0.2) is 8.98 Å². The Morgan fingerprint density at radius 2 is 1.72 bits per heavy atom. The molecule has 0 aliphatic carbocycles. The Morgan fingerprint density at radius 1 is 1.33 bits per heavy atom. The second-order valence-electron chi connectivity index (χ2n) is 3.35. The Morgan fingerprint density at radius 3 is 2.00 bits per heavy atom. The van der Waals surface area contributed by atoms with E-state index in [1.807, 2.05) is 26.0 Å². The largest absolute Gasteiger partial charge is 0.452 e. The summed E-state index contributed by atoms with van der Waals surface area (Å²) in [5, 5.41) is 0. The summed E-state index contributed by atoms with van der Waals surface area (Å²) in [6.07, 6.45) is 0.214. The highest BCUT2D eigenvalue weighted by molar-refractivity contribution is 7.82. The fourth-order valence-electron chi connectivity index (χ4n) is 0.299. The summed E-state index contributed by atoms with van der Waals surface area (Å²) >= 11 is 0. The van der Waals surface area contributed by atoms with Crippen molar-refractivity contribution >= 4 is 22.7 Å². The summed E-state index contributed by atoms with van der Waals surface area (Å²) in [6.45, 7) is 3.74. The molecular weight excluding hydrogens is 264 g/mol. The lowest BCUT2D eigenvalue weighted by Gasteiger charge is -2.02. The third-order valence-electron chi connectivity index (χ3n) is 0.807. The minimum absolute atomic E-state index is 0. The van der Waals surface area contributed by atoms with Crippen molar-refractivity contribution in [1.82, 2.24) is 11.1 Å². The molecule has 0 rings (SSSR count). The van der Waals surface area contributed by atoms with Crippen LogP contribution >= 0.6 is 0 Å². The zero-order chi connectivity index (χ0) is 14.1. The first-order chi connectivity index (χ1) is 7.62. The molecule has 0 spiro atoms. The summed E-state index contributed by atoms with van der Waals surface area (Å²) in [5.41, 5.74) is -0.0849. The van der Waals surface area contributed by atoms with Crippen LogP contribution in [0, 0.1) is 0 Å². The summed E-state index contributed by atoms with van der Waals surface area (Å²) in [4.78, 5) is 22.4. The van der Waals surface area contributed by atoms with Gasteiger partial charge >= 0.3 is 16.4 Å². The monoisotopic (exact) mass is 284 g/mol. The van der Waals surface area contributed by atoms with Gasteiger partial charge in [0.25, 0.3) is 0 Å². The molecule has 0 unspecified atom stereocenters. The van der Waals surface area contributed by atoms with Gasteiger partial charge in [-0.05, 0) is 28.1 Å². The van der Waals surface area contributed by atoms with E-state index >= 15 is 0 Å². The maximum atomic E-state index is 10.7. The van der Waals surface area contributed by atoms with Crippen molar-refractivity contribution in [2.75, 3.05) is 27.7 Å². The number of rotatable bonds is 5. The highest BCUT2D eigenvalue weighted by Gasteiger charge is 2.17. The van der Waals surface area contributed by atoms with E-state index in [4.69, 9.17) is 0 Å². The van der Waals surface area contributed by atoms with Crippen molar-refractivity contribution in [2.24, 2.45) is 0 Å². The molecule has 0 saturated heterocycles. The van der Waals surface area contributed by atoms with E-state index in [1.165, 1.54) is 6.92 Å². The van der Waals surface area contributed by atoms with Gasteiger partial charge in [-0.2, -0.15) is 8.42 Å². The second-order valence-corrected chi connectivity index (χ2v) is 4.57. The fourth-order valence-corrected chi connectivity index (χ4v) is 0.897. The van der Waals surface area contributed by atoms with Crippen molar-refractivity contribution in [2.45, 2.75) is 6.92 Å². The van der Waals surface area contributed by atoms with Gasteiger partial charge in [0.05, 0.1) is 0 Å². The van der Waals surface area contributed by atoms with E-state index in [9.17, 15) is 18.0 Å².